The Balaban J connectivity index is 1.13. The average Bonchev–Trinajstić information content (AvgIpc) is 3.79. The van der Waals surface area contributed by atoms with Crippen molar-refractivity contribution in [2.24, 2.45) is 40.9 Å². The summed E-state index contributed by atoms with van der Waals surface area (Å²) >= 11 is 0. The number of benzene rings is 2. The molecule has 3 aliphatic heterocycles. The third-order valence-corrected chi connectivity index (χ3v) is 19.7. The van der Waals surface area contributed by atoms with Gasteiger partial charge in [0.2, 0.25) is 11.7 Å². The number of ether oxygens (including phenoxy) is 5. The van der Waals surface area contributed by atoms with Crippen molar-refractivity contribution < 1.29 is 69.3 Å². The summed E-state index contributed by atoms with van der Waals surface area (Å²) in [5.41, 5.74) is 2.00. The van der Waals surface area contributed by atoms with Crippen molar-refractivity contribution in [1.82, 2.24) is 10.6 Å². The van der Waals surface area contributed by atoms with Gasteiger partial charge in [0, 0.05) is 74.0 Å². The van der Waals surface area contributed by atoms with Crippen molar-refractivity contribution in [3.05, 3.63) is 41.0 Å². The maximum Gasteiger partial charge on any atom is 0.220 e. The smallest absolute Gasteiger partial charge is 0.220 e. The van der Waals surface area contributed by atoms with Gasteiger partial charge in [0.15, 0.2) is 29.8 Å². The van der Waals surface area contributed by atoms with Gasteiger partial charge in [-0.25, -0.2) is 0 Å². The predicted octanol–water partition coefficient (Wildman–Crippen LogP) is 6.15. The Hall–Kier alpha value is -3.19. The van der Waals surface area contributed by atoms with E-state index in [4.69, 9.17) is 23.7 Å². The van der Waals surface area contributed by atoms with Gasteiger partial charge in [-0.2, -0.15) is 0 Å². The van der Waals surface area contributed by atoms with Gasteiger partial charge < -0.3 is 75.2 Å². The second kappa shape index (κ2) is 28.4. The van der Waals surface area contributed by atoms with E-state index in [1.165, 1.54) is 34.8 Å². The predicted molar refractivity (Wildman–Crippen MR) is 285 cm³/mol. The summed E-state index contributed by atoms with van der Waals surface area (Å²) in [6, 6.07) is 6.74. The lowest BCUT2D eigenvalue weighted by atomic mass is 9.51. The highest BCUT2D eigenvalue weighted by Crippen LogP contribution is 2.57. The highest BCUT2D eigenvalue weighted by molar-refractivity contribution is 8.76. The zero-order valence-corrected chi connectivity index (χ0v) is 45.3. The number of nitrogens with one attached hydrogen (secondary N) is 2. The second-order valence-electron chi connectivity index (χ2n) is 21.6. The average molecular weight is 1070 g/mol. The Kier molecular flexibility index (Phi) is 22.5. The van der Waals surface area contributed by atoms with Gasteiger partial charge in [-0.3, -0.25) is 4.79 Å². The number of aliphatic hydroxyl groups excluding tert-OH is 6. The molecule has 5 aliphatic rings. The SMILES string of the molecule is COCCCC1NC(=O)CC1C(O)CCC1CCC(C)CC12C#CCCNCC1CCC(Oc3cc4c(cc3O)C(CCO)SSCC(O)C(Cc3cc(OC)c(O)c(OCO)c3)C(O)CC(OCO)CC4)CC12. The fraction of sp³-hybridized carbons (Fsp3) is 0.732. The summed E-state index contributed by atoms with van der Waals surface area (Å²) in [4.78, 5) is 12.6. The molecule has 2 aliphatic carbocycles. The fourth-order valence-electron chi connectivity index (χ4n) is 13.1. The molecule has 2 saturated carbocycles. The lowest BCUT2D eigenvalue weighted by molar-refractivity contribution is -0.119. The summed E-state index contributed by atoms with van der Waals surface area (Å²) in [5.74, 6) is 8.44. The first-order valence-electron chi connectivity index (χ1n) is 27.1. The number of hydrogen-bond acceptors (Lipinski definition) is 17. The van der Waals surface area contributed by atoms with Crippen LogP contribution in [0.15, 0.2) is 24.3 Å². The normalized spacial score (nSPS) is 32.4. The molecule has 2 aromatic carbocycles. The highest BCUT2D eigenvalue weighted by atomic mass is 33.1. The van der Waals surface area contributed by atoms with E-state index in [1.807, 2.05) is 6.07 Å². The van der Waals surface area contributed by atoms with Crippen molar-refractivity contribution in [2.45, 2.75) is 158 Å². The molecule has 3 heterocycles. The summed E-state index contributed by atoms with van der Waals surface area (Å²) < 4.78 is 28.7. The number of amides is 1. The largest absolute Gasteiger partial charge is 0.504 e. The molecule has 0 aromatic heterocycles. The van der Waals surface area contributed by atoms with Gasteiger partial charge in [-0.15, -0.1) is 5.92 Å². The quantitative estimate of drug-likeness (QED) is 0.0328. The number of phenols is 2. The molecule has 1 amide bonds. The minimum atomic E-state index is -1.09. The number of hydrogen-bond donors (Lipinski definition) is 10. The van der Waals surface area contributed by atoms with Gasteiger partial charge in [0.1, 0.15) is 6.79 Å². The highest BCUT2D eigenvalue weighted by Gasteiger charge is 2.52. The summed E-state index contributed by atoms with van der Waals surface area (Å²) in [6.07, 6.45) is 7.57. The van der Waals surface area contributed by atoms with Crippen LogP contribution in [0.4, 0.5) is 0 Å². The van der Waals surface area contributed by atoms with Crippen LogP contribution in [0.3, 0.4) is 0 Å². The maximum absolute atomic E-state index is 12.6. The standard InChI is InChI=1S/C56H84N2O14S2/c1-34-8-11-38(12-15-46(62)42-28-54(66)58-45(42)7-6-20-68-2)56(29-34)17-4-5-18-57-30-37-10-14-40(25-44(37)56)72-50-24-36-9-13-39(70-32-60)26-47(63)43(21-35-22-51(69-3)55(67)52(23-35)71-33-61)49(65)31-73-74-53(16-19-59)41(36)27-48(50)64/h22-24,27,34,37-40,42-47,49,53,57,59-65,67H,5-16,18-21,25-26,28-33H2,1-3H3,(H,58,66). The Morgan fingerprint density at radius 2 is 1.74 bits per heavy atom. The third kappa shape index (κ3) is 14.9. The molecule has 74 heavy (non-hydrogen) atoms. The number of phenolic OH excluding ortho intramolecular Hbond substituents is 2. The van der Waals surface area contributed by atoms with Crippen molar-refractivity contribution in [3.8, 4) is 40.6 Å². The number of carbonyl (C=O) groups excluding carboxylic acids is 1. The Morgan fingerprint density at radius 1 is 0.919 bits per heavy atom. The van der Waals surface area contributed by atoms with Crippen LogP contribution in [-0.2, 0) is 27.1 Å². The number of fused-ring (bicyclic) bond motifs is 3. The molecule has 14 atom stereocenters. The Morgan fingerprint density at radius 3 is 2.51 bits per heavy atom. The lowest BCUT2D eigenvalue weighted by Gasteiger charge is -2.53. The summed E-state index contributed by atoms with van der Waals surface area (Å²) in [6.45, 7) is 3.28. The minimum Gasteiger partial charge on any atom is -0.504 e. The van der Waals surface area contributed by atoms with Crippen molar-refractivity contribution in [1.29, 1.82) is 0 Å². The molecule has 10 N–H and O–H groups in total. The zero-order chi connectivity index (χ0) is 52.8. The summed E-state index contributed by atoms with van der Waals surface area (Å²) in [7, 11) is 5.96. The van der Waals surface area contributed by atoms with E-state index in [0.717, 1.165) is 88.4 Å². The molecular weight excluding hydrogens is 989 g/mol. The Bertz CT molecular complexity index is 2160. The number of methoxy groups -OCH3 is 2. The number of aryl methyl sites for hydroxylation is 1. The lowest BCUT2D eigenvalue weighted by Crippen LogP contribution is -2.50. The summed E-state index contributed by atoms with van der Waals surface area (Å²) in [5, 5.41) is 94.4. The van der Waals surface area contributed by atoms with Crippen LogP contribution in [0.25, 0.3) is 0 Å². The van der Waals surface area contributed by atoms with E-state index in [0.29, 0.717) is 61.9 Å². The van der Waals surface area contributed by atoms with Crippen LogP contribution in [0, 0.1) is 52.8 Å². The first kappa shape index (κ1) is 58.5. The van der Waals surface area contributed by atoms with E-state index >= 15 is 0 Å². The van der Waals surface area contributed by atoms with Gasteiger partial charge >= 0.3 is 0 Å². The number of aromatic hydroxyl groups is 2. The van der Waals surface area contributed by atoms with Gasteiger partial charge in [-0.1, -0.05) is 40.9 Å². The van der Waals surface area contributed by atoms with E-state index in [9.17, 15) is 45.6 Å². The first-order valence-corrected chi connectivity index (χ1v) is 29.5. The van der Waals surface area contributed by atoms with Crippen molar-refractivity contribution >= 4 is 27.5 Å². The molecular formula is C56H84N2O14S2. The molecule has 1 saturated heterocycles. The molecule has 16 nitrogen and oxygen atoms in total. The minimum absolute atomic E-state index is 0.000445. The van der Waals surface area contributed by atoms with Crippen LogP contribution < -0.4 is 24.8 Å². The third-order valence-electron chi connectivity index (χ3n) is 16.9. The van der Waals surface area contributed by atoms with Crippen LogP contribution >= 0.6 is 21.6 Å². The molecule has 2 aromatic rings. The van der Waals surface area contributed by atoms with Crippen molar-refractivity contribution in [3.63, 3.8) is 0 Å². The molecule has 18 heteroatoms. The zero-order valence-electron chi connectivity index (χ0n) is 43.6. The molecule has 0 bridgehead atoms. The number of carbonyl (C=O) groups is 1. The van der Waals surface area contributed by atoms with E-state index in [2.05, 4.69) is 29.4 Å². The molecule has 3 fully saturated rings. The van der Waals surface area contributed by atoms with Gasteiger partial charge in [0.05, 0.1) is 37.6 Å². The molecule has 1 spiro atoms. The number of rotatable bonds is 19. The van der Waals surface area contributed by atoms with Gasteiger partial charge in [0.25, 0.3) is 0 Å². The topological polar surface area (TPSA) is 249 Å². The molecule has 14 unspecified atom stereocenters. The monoisotopic (exact) mass is 1070 g/mol. The van der Waals surface area contributed by atoms with Crippen LogP contribution in [-0.4, -0.2) is 143 Å². The molecule has 7 rings (SSSR count). The van der Waals surface area contributed by atoms with E-state index in [-0.39, 0.29) is 94.7 Å². The number of aliphatic hydroxyl groups is 6. The van der Waals surface area contributed by atoms with Crippen LogP contribution in [0.2, 0.25) is 0 Å². The van der Waals surface area contributed by atoms with E-state index in [1.54, 1.807) is 19.2 Å². The van der Waals surface area contributed by atoms with Crippen molar-refractivity contribution in [2.75, 3.05) is 59.9 Å². The first-order chi connectivity index (χ1) is 35.8. The van der Waals surface area contributed by atoms with Crippen LogP contribution in [0.5, 0.6) is 28.7 Å². The molecule has 414 valence electrons. The van der Waals surface area contributed by atoms with Gasteiger partial charge in [-0.05, 0) is 161 Å². The maximum atomic E-state index is 12.6. The van der Waals surface area contributed by atoms with E-state index < -0.39 is 43.9 Å². The second-order valence-corrected chi connectivity index (χ2v) is 24.2. The molecule has 0 radical (unpaired) electrons. The van der Waals surface area contributed by atoms with Crippen LogP contribution in [0.1, 0.15) is 125 Å². The Labute approximate surface area is 445 Å². The fourth-order valence-corrected chi connectivity index (χ4v) is 16.0.